The predicted octanol–water partition coefficient (Wildman–Crippen LogP) is 4.04. The van der Waals surface area contributed by atoms with E-state index in [1.54, 1.807) is 12.1 Å². The number of benzene rings is 2. The SMILES string of the molecule is Fc1ccc(N2CCN(CCCOC3CCc4ccccc43)CC2)cc1. The fraction of sp³-hybridized carbons (Fsp3) is 0.455. The number of ether oxygens (including phenoxy) is 1. The van der Waals surface area contributed by atoms with E-state index in [9.17, 15) is 4.39 Å². The summed E-state index contributed by atoms with van der Waals surface area (Å²) in [6, 6.07) is 15.5. The van der Waals surface area contributed by atoms with Gasteiger partial charge in [-0.15, -0.1) is 0 Å². The summed E-state index contributed by atoms with van der Waals surface area (Å²) >= 11 is 0. The molecule has 1 aliphatic heterocycles. The van der Waals surface area contributed by atoms with Crippen LogP contribution in [-0.2, 0) is 11.2 Å². The molecule has 0 spiro atoms. The molecule has 0 bridgehead atoms. The van der Waals surface area contributed by atoms with Gasteiger partial charge in [-0.25, -0.2) is 4.39 Å². The second-order valence-electron chi connectivity index (χ2n) is 7.26. The standard InChI is InChI=1S/C22H27FN2O/c23-19-7-9-20(10-8-19)25-15-13-24(14-16-25)12-3-17-26-22-11-6-18-4-1-2-5-21(18)22/h1-2,4-5,7-10,22H,3,6,11-17H2. The molecule has 0 radical (unpaired) electrons. The number of aryl methyl sites for hydroxylation is 1. The summed E-state index contributed by atoms with van der Waals surface area (Å²) in [5, 5.41) is 0. The molecule has 1 fully saturated rings. The van der Waals surface area contributed by atoms with Crippen LogP contribution in [0, 0.1) is 5.82 Å². The summed E-state index contributed by atoms with van der Waals surface area (Å²) in [5.41, 5.74) is 3.96. The number of hydrogen-bond acceptors (Lipinski definition) is 3. The lowest BCUT2D eigenvalue weighted by Crippen LogP contribution is -2.46. The maximum atomic E-state index is 13.0. The van der Waals surface area contributed by atoms with Crippen molar-refractivity contribution >= 4 is 5.69 Å². The molecule has 1 saturated heterocycles. The third-order valence-corrected chi connectivity index (χ3v) is 5.58. The van der Waals surface area contributed by atoms with Gasteiger partial charge < -0.3 is 9.64 Å². The lowest BCUT2D eigenvalue weighted by Gasteiger charge is -2.36. The Hall–Kier alpha value is -1.91. The topological polar surface area (TPSA) is 15.7 Å². The van der Waals surface area contributed by atoms with Gasteiger partial charge in [0.1, 0.15) is 5.82 Å². The van der Waals surface area contributed by atoms with Crippen LogP contribution in [0.1, 0.15) is 30.1 Å². The minimum Gasteiger partial charge on any atom is -0.373 e. The molecule has 2 aromatic rings. The Labute approximate surface area is 155 Å². The van der Waals surface area contributed by atoms with E-state index in [0.29, 0.717) is 6.10 Å². The van der Waals surface area contributed by atoms with Crippen molar-refractivity contribution in [2.24, 2.45) is 0 Å². The van der Waals surface area contributed by atoms with Gasteiger partial charge in [0.05, 0.1) is 6.10 Å². The molecule has 138 valence electrons. The van der Waals surface area contributed by atoms with Crippen molar-refractivity contribution in [1.82, 2.24) is 4.90 Å². The third-order valence-electron chi connectivity index (χ3n) is 5.58. The summed E-state index contributed by atoms with van der Waals surface area (Å²) in [7, 11) is 0. The highest BCUT2D eigenvalue weighted by molar-refractivity contribution is 5.46. The maximum Gasteiger partial charge on any atom is 0.123 e. The second-order valence-corrected chi connectivity index (χ2v) is 7.26. The zero-order valence-corrected chi connectivity index (χ0v) is 15.2. The molecule has 2 aromatic carbocycles. The molecule has 26 heavy (non-hydrogen) atoms. The van der Waals surface area contributed by atoms with E-state index >= 15 is 0 Å². The number of rotatable bonds is 6. The fourth-order valence-corrected chi connectivity index (χ4v) is 4.09. The summed E-state index contributed by atoms with van der Waals surface area (Å²) < 4.78 is 19.2. The smallest absolute Gasteiger partial charge is 0.123 e. The molecule has 1 atom stereocenters. The van der Waals surface area contributed by atoms with Gasteiger partial charge in [-0.2, -0.15) is 0 Å². The zero-order chi connectivity index (χ0) is 17.8. The van der Waals surface area contributed by atoms with Crippen LogP contribution in [0.3, 0.4) is 0 Å². The van der Waals surface area contributed by atoms with Crippen molar-refractivity contribution in [3.05, 3.63) is 65.5 Å². The highest BCUT2D eigenvalue weighted by Crippen LogP contribution is 2.33. The van der Waals surface area contributed by atoms with Crippen LogP contribution in [0.4, 0.5) is 10.1 Å². The maximum absolute atomic E-state index is 13.0. The number of hydrogen-bond donors (Lipinski definition) is 0. The van der Waals surface area contributed by atoms with Crippen LogP contribution >= 0.6 is 0 Å². The number of anilines is 1. The first-order chi connectivity index (χ1) is 12.8. The first-order valence-electron chi connectivity index (χ1n) is 9.72. The highest BCUT2D eigenvalue weighted by atomic mass is 19.1. The van der Waals surface area contributed by atoms with Crippen LogP contribution in [-0.4, -0.2) is 44.2 Å². The van der Waals surface area contributed by atoms with Crippen LogP contribution in [0.25, 0.3) is 0 Å². The number of nitrogens with zero attached hydrogens (tertiary/aromatic N) is 2. The van der Waals surface area contributed by atoms with E-state index in [1.807, 2.05) is 12.1 Å². The van der Waals surface area contributed by atoms with Crippen molar-refractivity contribution in [1.29, 1.82) is 0 Å². The van der Waals surface area contributed by atoms with Gasteiger partial charge in [0.2, 0.25) is 0 Å². The average Bonchev–Trinajstić information content (AvgIpc) is 3.10. The minimum absolute atomic E-state index is 0.169. The van der Waals surface area contributed by atoms with Gasteiger partial charge in [0.15, 0.2) is 0 Å². The van der Waals surface area contributed by atoms with E-state index < -0.39 is 0 Å². The Balaban J connectivity index is 1.16. The minimum atomic E-state index is -0.169. The molecule has 1 aliphatic carbocycles. The monoisotopic (exact) mass is 354 g/mol. The van der Waals surface area contributed by atoms with Crippen molar-refractivity contribution in [3.8, 4) is 0 Å². The molecule has 3 nitrogen and oxygen atoms in total. The van der Waals surface area contributed by atoms with E-state index in [4.69, 9.17) is 4.74 Å². The first kappa shape index (κ1) is 17.5. The summed E-state index contributed by atoms with van der Waals surface area (Å²) in [5.74, 6) is -0.169. The molecule has 4 heteroatoms. The summed E-state index contributed by atoms with van der Waals surface area (Å²) in [6.45, 7) is 6.04. The Morgan fingerprint density at radius 3 is 2.54 bits per heavy atom. The normalized spacial score (nSPS) is 20.3. The first-order valence-corrected chi connectivity index (χ1v) is 9.72. The van der Waals surface area contributed by atoms with Crippen molar-refractivity contribution in [2.75, 3.05) is 44.2 Å². The number of fused-ring (bicyclic) bond motifs is 1. The lowest BCUT2D eigenvalue weighted by atomic mass is 10.1. The quantitative estimate of drug-likeness (QED) is 0.728. The molecule has 0 aromatic heterocycles. The third kappa shape index (κ3) is 4.08. The summed E-state index contributed by atoms with van der Waals surface area (Å²) in [4.78, 5) is 4.84. The zero-order valence-electron chi connectivity index (χ0n) is 15.2. The van der Waals surface area contributed by atoms with Gasteiger partial charge in [-0.05, 0) is 54.7 Å². The average molecular weight is 354 g/mol. The molecule has 0 saturated carbocycles. The van der Waals surface area contributed by atoms with E-state index in [2.05, 4.69) is 34.1 Å². The predicted molar refractivity (Wildman–Crippen MR) is 103 cm³/mol. The van der Waals surface area contributed by atoms with Crippen molar-refractivity contribution < 1.29 is 9.13 Å². The van der Waals surface area contributed by atoms with Gasteiger partial charge in [-0.3, -0.25) is 4.90 Å². The van der Waals surface area contributed by atoms with Crippen LogP contribution in [0.5, 0.6) is 0 Å². The van der Waals surface area contributed by atoms with Crippen LogP contribution in [0.2, 0.25) is 0 Å². The fourth-order valence-electron chi connectivity index (χ4n) is 4.09. The molecular weight excluding hydrogens is 327 g/mol. The second kappa shape index (κ2) is 8.19. The lowest BCUT2D eigenvalue weighted by molar-refractivity contribution is 0.0470. The van der Waals surface area contributed by atoms with Crippen LogP contribution in [0.15, 0.2) is 48.5 Å². The number of halogens is 1. The number of piperazine rings is 1. The molecule has 1 heterocycles. The Morgan fingerprint density at radius 2 is 1.73 bits per heavy atom. The Kier molecular flexibility index (Phi) is 5.51. The molecular formula is C22H27FN2O. The van der Waals surface area contributed by atoms with Crippen LogP contribution < -0.4 is 4.90 Å². The van der Waals surface area contributed by atoms with Gasteiger partial charge in [0, 0.05) is 45.0 Å². The van der Waals surface area contributed by atoms with Gasteiger partial charge in [0.25, 0.3) is 0 Å². The molecule has 0 N–H and O–H groups in total. The Morgan fingerprint density at radius 1 is 0.962 bits per heavy atom. The molecule has 2 aliphatic rings. The highest BCUT2D eigenvalue weighted by Gasteiger charge is 2.22. The molecule has 1 unspecified atom stereocenters. The van der Waals surface area contributed by atoms with Crippen molar-refractivity contribution in [3.63, 3.8) is 0 Å². The van der Waals surface area contributed by atoms with E-state index in [0.717, 1.165) is 64.3 Å². The molecule has 4 rings (SSSR count). The van der Waals surface area contributed by atoms with E-state index in [-0.39, 0.29) is 5.82 Å². The Bertz CT molecular complexity index is 710. The van der Waals surface area contributed by atoms with Crippen molar-refractivity contribution in [2.45, 2.75) is 25.4 Å². The largest absolute Gasteiger partial charge is 0.373 e. The molecule has 0 amide bonds. The van der Waals surface area contributed by atoms with Gasteiger partial charge >= 0.3 is 0 Å². The van der Waals surface area contributed by atoms with Gasteiger partial charge in [-0.1, -0.05) is 24.3 Å². The summed E-state index contributed by atoms with van der Waals surface area (Å²) in [6.07, 6.45) is 3.64. The van der Waals surface area contributed by atoms with E-state index in [1.165, 1.54) is 11.1 Å².